The molecule has 7 nitrogen and oxygen atoms in total. The lowest BCUT2D eigenvalue weighted by Gasteiger charge is -2.23. The smallest absolute Gasteiger partial charge is 0.260 e. The van der Waals surface area contributed by atoms with Crippen LogP contribution < -0.4 is 9.73 Å². The van der Waals surface area contributed by atoms with Crippen LogP contribution >= 0.6 is 0 Å². The standard InChI is InChI=1S/C26H32N4O3S/c1-17-11-12-24(20(4)13-17)29(34(7,32)33)16-25(31)28-27-15-23-14-21(5)30(22(23)6)26-18(2)9-8-10-19(26)3/h8-15H,16H2,1-7H3,(H,28,31)/b27-15-. The first-order valence-corrected chi connectivity index (χ1v) is 12.9. The van der Waals surface area contributed by atoms with E-state index in [0.29, 0.717) is 5.69 Å². The van der Waals surface area contributed by atoms with Gasteiger partial charge in [-0.2, -0.15) is 5.10 Å². The molecule has 180 valence electrons. The molecule has 0 aliphatic heterocycles. The van der Waals surface area contributed by atoms with Gasteiger partial charge in [-0.25, -0.2) is 13.8 Å². The molecule has 0 saturated heterocycles. The number of anilines is 1. The third-order valence-corrected chi connectivity index (χ3v) is 6.96. The van der Waals surface area contributed by atoms with Crippen molar-refractivity contribution < 1.29 is 13.2 Å². The molecule has 0 aliphatic rings. The molecule has 0 radical (unpaired) electrons. The first-order chi connectivity index (χ1) is 15.9. The van der Waals surface area contributed by atoms with Crippen molar-refractivity contribution in [1.82, 2.24) is 9.99 Å². The number of hydrogen-bond acceptors (Lipinski definition) is 4. The van der Waals surface area contributed by atoms with E-state index in [1.807, 2.05) is 52.0 Å². The number of carbonyl (C=O) groups excluding carboxylic acids is 1. The van der Waals surface area contributed by atoms with Gasteiger partial charge in [0.25, 0.3) is 5.91 Å². The summed E-state index contributed by atoms with van der Waals surface area (Å²) >= 11 is 0. The zero-order valence-corrected chi connectivity index (χ0v) is 21.6. The van der Waals surface area contributed by atoms with Crippen molar-refractivity contribution in [3.05, 3.63) is 81.7 Å². The summed E-state index contributed by atoms with van der Waals surface area (Å²) in [7, 11) is -3.66. The van der Waals surface area contributed by atoms with Crippen LogP contribution in [0.5, 0.6) is 0 Å². The maximum absolute atomic E-state index is 12.6. The Morgan fingerprint density at radius 1 is 1.00 bits per heavy atom. The molecule has 2 aromatic carbocycles. The molecule has 0 saturated carbocycles. The highest BCUT2D eigenvalue weighted by Crippen LogP contribution is 2.26. The highest BCUT2D eigenvalue weighted by molar-refractivity contribution is 7.92. The maximum Gasteiger partial charge on any atom is 0.260 e. The van der Waals surface area contributed by atoms with Crippen LogP contribution in [0.3, 0.4) is 0 Å². The lowest BCUT2D eigenvalue weighted by atomic mass is 10.1. The fourth-order valence-electron chi connectivity index (χ4n) is 4.23. The summed E-state index contributed by atoms with van der Waals surface area (Å²) in [5.41, 5.74) is 11.1. The summed E-state index contributed by atoms with van der Waals surface area (Å²) in [6, 6.07) is 13.6. The number of carbonyl (C=O) groups is 1. The molecule has 3 aromatic rings. The molecule has 0 atom stereocenters. The van der Waals surface area contributed by atoms with E-state index in [1.165, 1.54) is 11.1 Å². The second-order valence-electron chi connectivity index (χ2n) is 8.76. The number of hydrogen-bond donors (Lipinski definition) is 1. The summed E-state index contributed by atoms with van der Waals surface area (Å²) in [5, 5.41) is 4.10. The zero-order chi connectivity index (χ0) is 25.2. The van der Waals surface area contributed by atoms with Crippen LogP contribution in [0.1, 0.15) is 39.2 Å². The Bertz CT molecular complexity index is 1350. The van der Waals surface area contributed by atoms with Crippen LogP contribution in [0.15, 0.2) is 47.6 Å². The van der Waals surface area contributed by atoms with E-state index in [1.54, 1.807) is 12.3 Å². The number of rotatable bonds is 7. The van der Waals surface area contributed by atoms with Crippen molar-refractivity contribution in [2.45, 2.75) is 41.5 Å². The Kier molecular flexibility index (Phi) is 7.31. The highest BCUT2D eigenvalue weighted by Gasteiger charge is 2.22. The molecule has 0 fully saturated rings. The van der Waals surface area contributed by atoms with Gasteiger partial charge in [0.15, 0.2) is 0 Å². The van der Waals surface area contributed by atoms with Crippen molar-refractivity contribution in [3.8, 4) is 5.69 Å². The van der Waals surface area contributed by atoms with Gasteiger partial charge in [0, 0.05) is 17.0 Å². The molecular weight excluding hydrogens is 448 g/mol. The van der Waals surface area contributed by atoms with Crippen LogP contribution in [0.4, 0.5) is 5.69 Å². The molecule has 1 amide bonds. The fraction of sp³-hybridized carbons (Fsp3) is 0.308. The summed E-state index contributed by atoms with van der Waals surface area (Å²) in [4.78, 5) is 12.6. The second kappa shape index (κ2) is 9.85. The Morgan fingerprint density at radius 3 is 2.24 bits per heavy atom. The van der Waals surface area contributed by atoms with Crippen LogP contribution in [0.25, 0.3) is 5.69 Å². The van der Waals surface area contributed by atoms with Gasteiger partial charge in [0.2, 0.25) is 10.0 Å². The van der Waals surface area contributed by atoms with Gasteiger partial charge in [0.05, 0.1) is 23.8 Å². The van der Waals surface area contributed by atoms with Crippen molar-refractivity contribution in [1.29, 1.82) is 0 Å². The minimum Gasteiger partial charge on any atom is -0.317 e. The van der Waals surface area contributed by atoms with Gasteiger partial charge in [-0.15, -0.1) is 0 Å². The van der Waals surface area contributed by atoms with Crippen LogP contribution in [-0.4, -0.2) is 37.9 Å². The number of sulfonamides is 1. The van der Waals surface area contributed by atoms with E-state index in [2.05, 4.69) is 41.1 Å². The molecule has 0 aliphatic carbocycles. The molecule has 0 bridgehead atoms. The van der Waals surface area contributed by atoms with Gasteiger partial charge >= 0.3 is 0 Å². The first-order valence-electron chi connectivity index (χ1n) is 11.0. The summed E-state index contributed by atoms with van der Waals surface area (Å²) in [5.74, 6) is -0.523. The number of para-hydroxylation sites is 1. The third kappa shape index (κ3) is 5.39. The molecule has 1 heterocycles. The normalized spacial score (nSPS) is 11.7. The van der Waals surface area contributed by atoms with Gasteiger partial charge in [-0.1, -0.05) is 35.9 Å². The molecule has 0 spiro atoms. The summed E-state index contributed by atoms with van der Waals surface area (Å²) in [6.07, 6.45) is 2.68. The topological polar surface area (TPSA) is 83.8 Å². The monoisotopic (exact) mass is 480 g/mol. The molecule has 34 heavy (non-hydrogen) atoms. The number of aromatic nitrogens is 1. The van der Waals surface area contributed by atoms with Gasteiger partial charge in [-0.3, -0.25) is 9.10 Å². The number of nitrogens with one attached hydrogen (secondary N) is 1. The largest absolute Gasteiger partial charge is 0.317 e. The van der Waals surface area contributed by atoms with E-state index >= 15 is 0 Å². The Balaban J connectivity index is 1.80. The van der Waals surface area contributed by atoms with E-state index in [9.17, 15) is 13.2 Å². The molecular formula is C26H32N4O3S. The lowest BCUT2D eigenvalue weighted by Crippen LogP contribution is -2.39. The van der Waals surface area contributed by atoms with E-state index in [0.717, 1.165) is 44.3 Å². The number of aryl methyl sites for hydroxylation is 5. The van der Waals surface area contributed by atoms with Gasteiger partial charge in [0.1, 0.15) is 6.54 Å². The molecule has 1 N–H and O–H groups in total. The average Bonchev–Trinajstić information content (AvgIpc) is 3.00. The zero-order valence-electron chi connectivity index (χ0n) is 20.8. The average molecular weight is 481 g/mol. The maximum atomic E-state index is 12.6. The lowest BCUT2D eigenvalue weighted by molar-refractivity contribution is -0.119. The van der Waals surface area contributed by atoms with E-state index in [-0.39, 0.29) is 6.54 Å². The van der Waals surface area contributed by atoms with E-state index < -0.39 is 15.9 Å². The van der Waals surface area contributed by atoms with E-state index in [4.69, 9.17) is 0 Å². The van der Waals surface area contributed by atoms with Crippen molar-refractivity contribution in [2.75, 3.05) is 17.1 Å². The van der Waals surface area contributed by atoms with Crippen LogP contribution in [0.2, 0.25) is 0 Å². The number of hydrazone groups is 1. The third-order valence-electron chi connectivity index (χ3n) is 5.83. The Morgan fingerprint density at radius 2 is 1.65 bits per heavy atom. The molecule has 8 heteroatoms. The minimum absolute atomic E-state index is 0.360. The number of benzene rings is 2. The van der Waals surface area contributed by atoms with Crippen molar-refractivity contribution in [3.63, 3.8) is 0 Å². The number of amides is 1. The molecule has 0 unspecified atom stereocenters. The summed E-state index contributed by atoms with van der Waals surface area (Å²) in [6.45, 7) is 11.6. The van der Waals surface area contributed by atoms with Gasteiger partial charge < -0.3 is 4.57 Å². The first kappa shape index (κ1) is 25.2. The van der Waals surface area contributed by atoms with Crippen LogP contribution in [-0.2, 0) is 14.8 Å². The minimum atomic E-state index is -3.66. The quantitative estimate of drug-likeness (QED) is 0.405. The Hall–Kier alpha value is -3.39. The van der Waals surface area contributed by atoms with Crippen LogP contribution in [0, 0.1) is 41.5 Å². The highest BCUT2D eigenvalue weighted by atomic mass is 32.2. The predicted molar refractivity (Wildman–Crippen MR) is 139 cm³/mol. The van der Waals surface area contributed by atoms with Crippen molar-refractivity contribution in [2.24, 2.45) is 5.10 Å². The van der Waals surface area contributed by atoms with Crippen molar-refractivity contribution >= 4 is 27.8 Å². The second-order valence-corrected chi connectivity index (χ2v) is 10.7. The SMILES string of the molecule is Cc1ccc(N(CC(=O)N/N=C\c2cc(C)n(-c3c(C)cccc3C)c2C)S(C)(=O)=O)c(C)c1. The molecule has 3 rings (SSSR count). The Labute approximate surface area is 202 Å². The predicted octanol–water partition coefficient (Wildman–Crippen LogP) is 4.24. The molecule has 1 aromatic heterocycles. The fourth-order valence-corrected chi connectivity index (χ4v) is 5.14. The number of nitrogens with zero attached hydrogens (tertiary/aromatic N) is 3. The summed E-state index contributed by atoms with van der Waals surface area (Å²) < 4.78 is 28.0. The van der Waals surface area contributed by atoms with Gasteiger partial charge in [-0.05, 0) is 70.4 Å².